The van der Waals surface area contributed by atoms with E-state index in [1.165, 1.54) is 5.56 Å². The van der Waals surface area contributed by atoms with Crippen LogP contribution in [-0.2, 0) is 14.9 Å². The minimum atomic E-state index is -0.642. The third-order valence-corrected chi connectivity index (χ3v) is 4.76. The van der Waals surface area contributed by atoms with Crippen molar-refractivity contribution in [2.45, 2.75) is 63.7 Å². The molecule has 1 aromatic rings. The summed E-state index contributed by atoms with van der Waals surface area (Å²) in [6, 6.07) is 7.77. The first-order valence-corrected chi connectivity index (χ1v) is 7.95. The zero-order valence-corrected chi connectivity index (χ0v) is 13.9. The molecule has 2 rings (SSSR count). The van der Waals surface area contributed by atoms with Crippen molar-refractivity contribution >= 4 is 5.91 Å². The Morgan fingerprint density at radius 3 is 2.50 bits per heavy atom. The molecule has 122 valence electrons. The minimum Gasteiger partial charge on any atom is -0.388 e. The summed E-state index contributed by atoms with van der Waals surface area (Å²) in [5.74, 6) is -0.0582. The Morgan fingerprint density at radius 2 is 1.91 bits per heavy atom. The van der Waals surface area contributed by atoms with Crippen molar-refractivity contribution in [1.82, 2.24) is 5.32 Å². The molecule has 0 bridgehead atoms. The maximum absolute atomic E-state index is 12.7. The number of ether oxygens (including phenoxy) is 1. The molecule has 0 spiro atoms. The zero-order chi connectivity index (χ0) is 16.3. The van der Waals surface area contributed by atoms with Crippen LogP contribution in [-0.4, -0.2) is 36.4 Å². The van der Waals surface area contributed by atoms with Crippen LogP contribution in [0.3, 0.4) is 0 Å². The maximum Gasteiger partial charge on any atom is 0.230 e. The highest BCUT2D eigenvalue weighted by molar-refractivity contribution is 5.87. The van der Waals surface area contributed by atoms with E-state index in [4.69, 9.17) is 4.74 Å². The Morgan fingerprint density at radius 1 is 1.27 bits per heavy atom. The van der Waals surface area contributed by atoms with Crippen molar-refractivity contribution in [3.05, 3.63) is 35.4 Å². The molecule has 0 saturated heterocycles. The van der Waals surface area contributed by atoms with Gasteiger partial charge in [0, 0.05) is 7.11 Å². The van der Waals surface area contributed by atoms with Crippen molar-refractivity contribution in [3.8, 4) is 0 Å². The molecule has 3 atom stereocenters. The largest absolute Gasteiger partial charge is 0.388 e. The topological polar surface area (TPSA) is 58.6 Å². The first-order chi connectivity index (χ1) is 10.4. The standard InChI is InChI=1S/C18H27NO3/c1-12-8-10-13(11-9-12)18(2,3)17(21)19-14-6-5-7-15(22-4)16(14)20/h8-11,14-16,20H,5-7H2,1-4H3,(H,19,21)/t14-,15-,16-/m1/s1. The van der Waals surface area contributed by atoms with Crippen molar-refractivity contribution in [2.24, 2.45) is 0 Å². The Balaban J connectivity index is 2.08. The van der Waals surface area contributed by atoms with Crippen molar-refractivity contribution in [1.29, 1.82) is 0 Å². The van der Waals surface area contributed by atoms with Crippen LogP contribution in [0.15, 0.2) is 24.3 Å². The van der Waals surface area contributed by atoms with Crippen LogP contribution in [0.5, 0.6) is 0 Å². The van der Waals surface area contributed by atoms with Crippen LogP contribution in [0.2, 0.25) is 0 Å². The second-order valence-electron chi connectivity index (χ2n) is 6.77. The molecule has 0 aromatic heterocycles. The summed E-state index contributed by atoms with van der Waals surface area (Å²) in [5, 5.41) is 13.3. The predicted octanol–water partition coefficient (Wildman–Crippen LogP) is 2.32. The summed E-state index contributed by atoms with van der Waals surface area (Å²) < 4.78 is 5.30. The van der Waals surface area contributed by atoms with E-state index in [2.05, 4.69) is 5.32 Å². The number of carbonyl (C=O) groups excluding carboxylic acids is 1. The Hall–Kier alpha value is -1.39. The molecule has 4 nitrogen and oxygen atoms in total. The molecule has 2 N–H and O–H groups in total. The third kappa shape index (κ3) is 3.50. The van der Waals surface area contributed by atoms with Crippen LogP contribution < -0.4 is 5.32 Å². The summed E-state index contributed by atoms with van der Waals surface area (Å²) in [7, 11) is 1.61. The van der Waals surface area contributed by atoms with E-state index in [1.54, 1.807) is 7.11 Å². The lowest BCUT2D eigenvalue weighted by atomic mass is 9.82. The Labute approximate surface area is 132 Å². The zero-order valence-electron chi connectivity index (χ0n) is 13.9. The van der Waals surface area contributed by atoms with Gasteiger partial charge in [-0.15, -0.1) is 0 Å². The van der Waals surface area contributed by atoms with Gasteiger partial charge in [0.05, 0.1) is 17.6 Å². The highest BCUT2D eigenvalue weighted by atomic mass is 16.5. The first-order valence-electron chi connectivity index (χ1n) is 7.95. The molecular formula is C18H27NO3. The lowest BCUT2D eigenvalue weighted by molar-refractivity contribution is -0.129. The molecule has 1 fully saturated rings. The molecule has 22 heavy (non-hydrogen) atoms. The molecule has 0 aliphatic heterocycles. The fraction of sp³-hybridized carbons (Fsp3) is 0.611. The van der Waals surface area contributed by atoms with Gasteiger partial charge in [0.1, 0.15) is 6.10 Å². The van der Waals surface area contributed by atoms with Gasteiger partial charge in [-0.1, -0.05) is 29.8 Å². The number of hydrogen-bond donors (Lipinski definition) is 2. The van der Waals surface area contributed by atoms with Gasteiger partial charge in [-0.3, -0.25) is 4.79 Å². The number of aliphatic hydroxyl groups excluding tert-OH is 1. The molecule has 4 heteroatoms. The van der Waals surface area contributed by atoms with Gasteiger partial charge in [-0.05, 0) is 45.6 Å². The summed E-state index contributed by atoms with van der Waals surface area (Å²) in [4.78, 5) is 12.7. The molecule has 0 radical (unpaired) electrons. The maximum atomic E-state index is 12.7. The second kappa shape index (κ2) is 6.80. The average Bonchev–Trinajstić information content (AvgIpc) is 2.49. The van der Waals surface area contributed by atoms with E-state index in [-0.39, 0.29) is 18.1 Å². The highest BCUT2D eigenvalue weighted by Crippen LogP contribution is 2.26. The van der Waals surface area contributed by atoms with E-state index in [0.717, 1.165) is 24.8 Å². The SMILES string of the molecule is CO[C@@H]1CCC[C@@H](NC(=O)C(C)(C)c2ccc(C)cc2)[C@H]1O. The van der Waals surface area contributed by atoms with Crippen LogP contribution in [0.1, 0.15) is 44.2 Å². The molecule has 1 saturated carbocycles. The van der Waals surface area contributed by atoms with Gasteiger partial charge in [-0.25, -0.2) is 0 Å². The molecular weight excluding hydrogens is 278 g/mol. The van der Waals surface area contributed by atoms with Gasteiger partial charge in [0.15, 0.2) is 0 Å². The minimum absolute atomic E-state index is 0.0582. The Kier molecular flexibility index (Phi) is 5.24. The number of nitrogens with one attached hydrogen (secondary N) is 1. The molecule has 0 heterocycles. The van der Waals surface area contributed by atoms with E-state index < -0.39 is 11.5 Å². The predicted molar refractivity (Wildman–Crippen MR) is 86.8 cm³/mol. The van der Waals surface area contributed by atoms with Crippen LogP contribution in [0, 0.1) is 6.92 Å². The first kappa shape index (κ1) is 17.0. The van der Waals surface area contributed by atoms with Crippen molar-refractivity contribution in [3.63, 3.8) is 0 Å². The number of rotatable bonds is 4. The van der Waals surface area contributed by atoms with Crippen LogP contribution >= 0.6 is 0 Å². The average molecular weight is 305 g/mol. The van der Waals surface area contributed by atoms with Gasteiger partial charge < -0.3 is 15.2 Å². The normalized spacial score (nSPS) is 25.8. The summed E-state index contributed by atoms with van der Waals surface area (Å²) >= 11 is 0. The van der Waals surface area contributed by atoms with Crippen molar-refractivity contribution in [2.75, 3.05) is 7.11 Å². The van der Waals surface area contributed by atoms with Gasteiger partial charge in [0.2, 0.25) is 5.91 Å². The Bertz CT molecular complexity index is 510. The number of methoxy groups -OCH3 is 1. The van der Waals surface area contributed by atoms with E-state index in [9.17, 15) is 9.90 Å². The van der Waals surface area contributed by atoms with Crippen LogP contribution in [0.4, 0.5) is 0 Å². The molecule has 1 aliphatic rings. The van der Waals surface area contributed by atoms with Gasteiger partial charge in [-0.2, -0.15) is 0 Å². The van der Waals surface area contributed by atoms with Gasteiger partial charge in [0.25, 0.3) is 0 Å². The number of aliphatic hydroxyl groups is 1. The quantitative estimate of drug-likeness (QED) is 0.897. The van der Waals surface area contributed by atoms with E-state index in [0.29, 0.717) is 0 Å². The fourth-order valence-corrected chi connectivity index (χ4v) is 3.00. The molecule has 1 amide bonds. The van der Waals surface area contributed by atoms with Crippen molar-refractivity contribution < 1.29 is 14.6 Å². The fourth-order valence-electron chi connectivity index (χ4n) is 3.00. The van der Waals surface area contributed by atoms with E-state index >= 15 is 0 Å². The molecule has 1 aromatic carbocycles. The number of amides is 1. The lowest BCUT2D eigenvalue weighted by Gasteiger charge is -2.36. The lowest BCUT2D eigenvalue weighted by Crippen LogP contribution is -2.54. The van der Waals surface area contributed by atoms with Gasteiger partial charge >= 0.3 is 0 Å². The number of aryl methyl sites for hydroxylation is 1. The number of carbonyl (C=O) groups is 1. The monoisotopic (exact) mass is 305 g/mol. The molecule has 0 unspecified atom stereocenters. The third-order valence-electron chi connectivity index (χ3n) is 4.76. The highest BCUT2D eigenvalue weighted by Gasteiger charge is 2.37. The number of benzene rings is 1. The summed E-state index contributed by atoms with van der Waals surface area (Å²) in [5.41, 5.74) is 1.52. The summed E-state index contributed by atoms with van der Waals surface area (Å²) in [6.07, 6.45) is 1.74. The molecule has 1 aliphatic carbocycles. The van der Waals surface area contributed by atoms with Crippen LogP contribution in [0.25, 0.3) is 0 Å². The smallest absolute Gasteiger partial charge is 0.230 e. The number of hydrogen-bond acceptors (Lipinski definition) is 3. The summed E-state index contributed by atoms with van der Waals surface area (Å²) in [6.45, 7) is 5.85. The second-order valence-corrected chi connectivity index (χ2v) is 6.77. The van der Waals surface area contributed by atoms with E-state index in [1.807, 2.05) is 45.0 Å².